The van der Waals surface area contributed by atoms with Crippen LogP contribution in [0.15, 0.2) is 12.1 Å². The first-order valence-electron chi connectivity index (χ1n) is 10.3. The largest absolute Gasteiger partial charge is 0.435 e. The number of halogens is 3. The fourth-order valence-corrected chi connectivity index (χ4v) is 4.36. The van der Waals surface area contributed by atoms with Gasteiger partial charge in [-0.2, -0.15) is 13.2 Å². The van der Waals surface area contributed by atoms with Gasteiger partial charge in [0.15, 0.2) is 5.69 Å². The Morgan fingerprint density at radius 1 is 1.10 bits per heavy atom. The van der Waals surface area contributed by atoms with Gasteiger partial charge in [0, 0.05) is 25.3 Å². The highest BCUT2D eigenvalue weighted by Gasteiger charge is 2.41. The Bertz CT molecular complexity index is 847. The molecule has 3 rings (SSSR count). The number of anilines is 2. The first kappa shape index (κ1) is 21.7. The molecule has 29 heavy (non-hydrogen) atoms. The number of unbranched alkanes of at least 4 members (excludes halogenated alkanes) is 1. The van der Waals surface area contributed by atoms with Gasteiger partial charge in [0.1, 0.15) is 0 Å². The molecule has 2 aromatic rings. The van der Waals surface area contributed by atoms with Gasteiger partial charge in [-0.1, -0.05) is 31.0 Å². The number of alkyl halides is 3. The summed E-state index contributed by atoms with van der Waals surface area (Å²) in [6, 6.07) is 4.16. The molecule has 2 heterocycles. The molecule has 4 nitrogen and oxygen atoms in total. The Morgan fingerprint density at radius 3 is 2.34 bits per heavy atom. The Balaban J connectivity index is 2.08. The van der Waals surface area contributed by atoms with E-state index in [0.29, 0.717) is 19.0 Å². The second-order valence-corrected chi connectivity index (χ2v) is 8.20. The van der Waals surface area contributed by atoms with E-state index in [0.717, 1.165) is 48.2 Å². The van der Waals surface area contributed by atoms with Crippen molar-refractivity contribution < 1.29 is 13.2 Å². The van der Waals surface area contributed by atoms with Crippen molar-refractivity contribution in [3.8, 4) is 0 Å². The Kier molecular flexibility index (Phi) is 6.27. The molecule has 0 fully saturated rings. The van der Waals surface area contributed by atoms with E-state index in [9.17, 15) is 13.2 Å². The minimum absolute atomic E-state index is 0.252. The van der Waals surface area contributed by atoms with Gasteiger partial charge >= 0.3 is 6.18 Å². The molecule has 0 saturated heterocycles. The molecule has 0 spiro atoms. The Morgan fingerprint density at radius 2 is 1.76 bits per heavy atom. The van der Waals surface area contributed by atoms with Gasteiger partial charge in [-0.3, -0.25) is 0 Å². The van der Waals surface area contributed by atoms with Crippen LogP contribution in [-0.4, -0.2) is 34.6 Å². The number of benzene rings is 1. The van der Waals surface area contributed by atoms with Crippen LogP contribution in [0.2, 0.25) is 0 Å². The Labute approximate surface area is 171 Å². The van der Waals surface area contributed by atoms with Crippen molar-refractivity contribution in [3.63, 3.8) is 0 Å². The summed E-state index contributed by atoms with van der Waals surface area (Å²) in [5, 5.41) is 0. The average Bonchev–Trinajstić information content (AvgIpc) is 2.99. The molecule has 1 aromatic carbocycles. The summed E-state index contributed by atoms with van der Waals surface area (Å²) in [5.74, 6) is 0.414. The summed E-state index contributed by atoms with van der Waals surface area (Å²) in [6.45, 7) is 10.4. The first-order valence-corrected chi connectivity index (χ1v) is 10.3. The van der Waals surface area contributed by atoms with Crippen LogP contribution in [0.1, 0.15) is 54.3 Å². The molecule has 7 heteroatoms. The van der Waals surface area contributed by atoms with Gasteiger partial charge in [-0.15, -0.1) is 0 Å². The van der Waals surface area contributed by atoms with E-state index in [4.69, 9.17) is 0 Å². The van der Waals surface area contributed by atoms with E-state index < -0.39 is 11.9 Å². The van der Waals surface area contributed by atoms with Crippen LogP contribution in [0.25, 0.3) is 0 Å². The second-order valence-electron chi connectivity index (χ2n) is 8.20. The molecule has 0 atom stereocenters. The van der Waals surface area contributed by atoms with Crippen molar-refractivity contribution in [3.05, 3.63) is 40.2 Å². The van der Waals surface area contributed by atoms with E-state index >= 15 is 0 Å². The Hall–Kier alpha value is -2.02. The van der Waals surface area contributed by atoms with Gasteiger partial charge in [-0.25, -0.2) is 4.98 Å². The van der Waals surface area contributed by atoms with Crippen LogP contribution in [-0.2, 0) is 19.3 Å². The third kappa shape index (κ3) is 4.44. The number of aryl methyl sites for hydroxylation is 3. The summed E-state index contributed by atoms with van der Waals surface area (Å²) < 4.78 is 43.4. The van der Waals surface area contributed by atoms with E-state index in [2.05, 4.69) is 24.0 Å². The highest BCUT2D eigenvalue weighted by Crippen LogP contribution is 2.40. The normalized spacial score (nSPS) is 14.6. The van der Waals surface area contributed by atoms with E-state index in [1.807, 2.05) is 37.6 Å². The summed E-state index contributed by atoms with van der Waals surface area (Å²) in [5.41, 5.74) is 3.78. The van der Waals surface area contributed by atoms with Crippen LogP contribution < -0.4 is 4.90 Å². The van der Waals surface area contributed by atoms with Crippen LogP contribution >= 0.6 is 0 Å². The number of hydrogen-bond acceptors (Lipinski definition) is 3. The maximum atomic E-state index is 13.9. The minimum atomic E-state index is -4.46. The lowest BCUT2D eigenvalue weighted by atomic mass is 10.0. The molecule has 0 N–H and O–H groups in total. The van der Waals surface area contributed by atoms with Crippen molar-refractivity contribution in [1.82, 2.24) is 14.5 Å². The first-order chi connectivity index (χ1) is 13.6. The molecule has 0 aliphatic carbocycles. The second kappa shape index (κ2) is 8.38. The molecule has 1 aliphatic rings. The molecule has 0 bridgehead atoms. The SMILES string of the molecule is CCCCN(C)Cc1c(C(F)(F)F)nc2n1CCCN2c1c(C)cc(C)cc1C. The predicted molar refractivity (Wildman–Crippen MR) is 111 cm³/mol. The molecular formula is C22H31F3N4. The van der Waals surface area contributed by atoms with Gasteiger partial charge in [0.25, 0.3) is 0 Å². The summed E-state index contributed by atoms with van der Waals surface area (Å²) >= 11 is 0. The van der Waals surface area contributed by atoms with E-state index in [-0.39, 0.29) is 12.2 Å². The molecular weight excluding hydrogens is 377 g/mol. The maximum Gasteiger partial charge on any atom is 0.435 e. The van der Waals surface area contributed by atoms with Gasteiger partial charge < -0.3 is 14.4 Å². The topological polar surface area (TPSA) is 24.3 Å². The zero-order chi connectivity index (χ0) is 21.3. The van der Waals surface area contributed by atoms with Crippen LogP contribution in [0, 0.1) is 20.8 Å². The lowest BCUT2D eigenvalue weighted by Gasteiger charge is -2.32. The molecule has 0 amide bonds. The highest BCUT2D eigenvalue weighted by molar-refractivity contribution is 5.68. The standard InChI is InChI=1S/C22H31F3N4/c1-6-7-9-27(5)14-18-20(22(23,24)25)26-21-28(18)10-8-11-29(21)19-16(3)12-15(2)13-17(19)4/h12-13H,6-11,14H2,1-5H3. The number of nitrogens with zero attached hydrogens (tertiary/aromatic N) is 4. The molecule has 1 aliphatic heterocycles. The number of imidazole rings is 1. The highest BCUT2D eigenvalue weighted by atomic mass is 19.4. The predicted octanol–water partition coefficient (Wildman–Crippen LogP) is 5.60. The van der Waals surface area contributed by atoms with Gasteiger partial charge in [0.2, 0.25) is 5.95 Å². The minimum Gasteiger partial charge on any atom is -0.312 e. The quantitative estimate of drug-likeness (QED) is 0.622. The zero-order valence-corrected chi connectivity index (χ0v) is 18.0. The van der Waals surface area contributed by atoms with E-state index in [1.165, 1.54) is 0 Å². The maximum absolute atomic E-state index is 13.9. The van der Waals surface area contributed by atoms with Crippen LogP contribution in [0.4, 0.5) is 24.8 Å². The lowest BCUT2D eigenvalue weighted by Crippen LogP contribution is -2.31. The fraction of sp³-hybridized carbons (Fsp3) is 0.591. The fourth-order valence-electron chi connectivity index (χ4n) is 4.36. The van der Waals surface area contributed by atoms with Crippen molar-refractivity contribution in [1.29, 1.82) is 0 Å². The zero-order valence-electron chi connectivity index (χ0n) is 18.0. The third-order valence-electron chi connectivity index (χ3n) is 5.54. The molecule has 1 aromatic heterocycles. The van der Waals surface area contributed by atoms with Crippen LogP contribution in [0.3, 0.4) is 0 Å². The summed E-state index contributed by atoms with van der Waals surface area (Å²) in [6.07, 6.45) is -1.69. The van der Waals surface area contributed by atoms with Crippen molar-refractivity contribution in [2.75, 3.05) is 25.0 Å². The number of aromatic nitrogens is 2. The van der Waals surface area contributed by atoms with Crippen LogP contribution in [0.5, 0.6) is 0 Å². The number of hydrogen-bond donors (Lipinski definition) is 0. The molecule has 0 saturated carbocycles. The van der Waals surface area contributed by atoms with Crippen molar-refractivity contribution in [2.45, 2.75) is 66.2 Å². The van der Waals surface area contributed by atoms with E-state index in [1.54, 1.807) is 4.57 Å². The molecule has 0 unspecified atom stereocenters. The third-order valence-corrected chi connectivity index (χ3v) is 5.54. The van der Waals surface area contributed by atoms with Gasteiger partial charge in [-0.05, 0) is 58.3 Å². The van der Waals surface area contributed by atoms with Gasteiger partial charge in [0.05, 0.1) is 5.69 Å². The van der Waals surface area contributed by atoms with Crippen molar-refractivity contribution in [2.24, 2.45) is 0 Å². The average molecular weight is 409 g/mol. The monoisotopic (exact) mass is 408 g/mol. The summed E-state index contributed by atoms with van der Waals surface area (Å²) in [7, 11) is 1.88. The molecule has 0 radical (unpaired) electrons. The van der Waals surface area contributed by atoms with Crippen molar-refractivity contribution >= 4 is 11.6 Å². The summed E-state index contributed by atoms with van der Waals surface area (Å²) in [4.78, 5) is 8.09. The molecule has 160 valence electrons. The number of rotatable bonds is 6. The smallest absolute Gasteiger partial charge is 0.312 e. The number of fused-ring (bicyclic) bond motifs is 1. The lowest BCUT2D eigenvalue weighted by molar-refractivity contribution is -0.141.